The summed E-state index contributed by atoms with van der Waals surface area (Å²) in [7, 11) is 2.10. The molecular weight excluding hydrogens is 210 g/mol. The second-order valence-electron chi connectivity index (χ2n) is 5.04. The third-order valence-corrected chi connectivity index (χ3v) is 6.00. The van der Waals surface area contributed by atoms with Crippen LogP contribution >= 0.6 is 23.5 Å². The van der Waals surface area contributed by atoms with Crippen LogP contribution in [-0.4, -0.2) is 35.1 Å². The fraction of sp³-hybridized carbons (Fsp3) is 1.00. The van der Waals surface area contributed by atoms with Crippen molar-refractivity contribution in [1.29, 1.82) is 0 Å². The lowest BCUT2D eigenvalue weighted by Crippen LogP contribution is -2.50. The van der Waals surface area contributed by atoms with Gasteiger partial charge in [-0.15, -0.1) is 0 Å². The van der Waals surface area contributed by atoms with E-state index in [0.29, 0.717) is 11.5 Å². The summed E-state index contributed by atoms with van der Waals surface area (Å²) in [6.07, 6.45) is 0. The molecule has 0 aliphatic carbocycles. The molecule has 1 fully saturated rings. The van der Waals surface area contributed by atoms with Gasteiger partial charge in [0.2, 0.25) is 0 Å². The molecule has 0 aromatic rings. The van der Waals surface area contributed by atoms with Crippen LogP contribution in [0, 0.1) is 5.41 Å². The van der Waals surface area contributed by atoms with E-state index >= 15 is 0 Å². The molecular formula is C11H23NS2. The standard InChI is InChI=1S/C11H23NS2/c1-8-9(14-7-6-13-8)10(12-5)11(2,3)4/h8-10,12H,6-7H2,1-5H3. The van der Waals surface area contributed by atoms with Crippen molar-refractivity contribution >= 4 is 23.5 Å². The van der Waals surface area contributed by atoms with Gasteiger partial charge in [-0.2, -0.15) is 23.5 Å². The molecule has 3 unspecified atom stereocenters. The Morgan fingerprint density at radius 1 is 1.21 bits per heavy atom. The molecule has 0 saturated carbocycles. The highest BCUT2D eigenvalue weighted by Gasteiger charge is 2.36. The van der Waals surface area contributed by atoms with Gasteiger partial charge in [0.15, 0.2) is 0 Å². The van der Waals surface area contributed by atoms with Gasteiger partial charge in [0.05, 0.1) is 0 Å². The fourth-order valence-corrected chi connectivity index (χ4v) is 5.35. The summed E-state index contributed by atoms with van der Waals surface area (Å²) in [6, 6.07) is 0.621. The van der Waals surface area contributed by atoms with E-state index < -0.39 is 0 Å². The zero-order chi connectivity index (χ0) is 10.8. The van der Waals surface area contributed by atoms with Gasteiger partial charge < -0.3 is 5.32 Å². The van der Waals surface area contributed by atoms with E-state index in [1.54, 1.807) is 0 Å². The number of hydrogen-bond acceptors (Lipinski definition) is 3. The van der Waals surface area contributed by atoms with Gasteiger partial charge in [-0.1, -0.05) is 27.7 Å². The highest BCUT2D eigenvalue weighted by Crippen LogP contribution is 2.38. The second kappa shape index (κ2) is 5.13. The lowest BCUT2D eigenvalue weighted by Gasteiger charge is -2.41. The van der Waals surface area contributed by atoms with Crippen LogP contribution in [-0.2, 0) is 0 Å². The van der Waals surface area contributed by atoms with Crippen LogP contribution in [0.3, 0.4) is 0 Å². The predicted octanol–water partition coefficient (Wildman–Crippen LogP) is 2.86. The smallest absolute Gasteiger partial charge is 0.0322 e. The normalized spacial score (nSPS) is 31.5. The van der Waals surface area contributed by atoms with Gasteiger partial charge in [-0.05, 0) is 12.5 Å². The van der Waals surface area contributed by atoms with Gasteiger partial charge in [0.25, 0.3) is 0 Å². The van der Waals surface area contributed by atoms with Crippen LogP contribution < -0.4 is 5.32 Å². The van der Waals surface area contributed by atoms with Crippen molar-refractivity contribution in [2.75, 3.05) is 18.6 Å². The topological polar surface area (TPSA) is 12.0 Å². The fourth-order valence-electron chi connectivity index (χ4n) is 2.11. The van der Waals surface area contributed by atoms with Crippen molar-refractivity contribution in [2.45, 2.75) is 44.2 Å². The maximum Gasteiger partial charge on any atom is 0.0322 e. The molecule has 1 nitrogen and oxygen atoms in total. The Labute approximate surface area is 97.2 Å². The lowest BCUT2D eigenvalue weighted by atomic mass is 9.84. The Kier molecular flexibility index (Phi) is 4.66. The molecule has 1 aliphatic heterocycles. The molecule has 1 rings (SSSR count). The Morgan fingerprint density at radius 3 is 2.21 bits per heavy atom. The minimum absolute atomic E-state index is 0.360. The van der Waals surface area contributed by atoms with Crippen LogP contribution in [0.5, 0.6) is 0 Å². The molecule has 1 N–H and O–H groups in total. The average molecular weight is 233 g/mol. The summed E-state index contributed by atoms with van der Waals surface area (Å²) >= 11 is 4.27. The third kappa shape index (κ3) is 3.07. The molecule has 0 spiro atoms. The zero-order valence-electron chi connectivity index (χ0n) is 9.96. The first-order valence-electron chi connectivity index (χ1n) is 5.37. The summed E-state index contributed by atoms with van der Waals surface area (Å²) in [5.74, 6) is 2.64. The first-order chi connectivity index (χ1) is 6.46. The number of nitrogens with one attached hydrogen (secondary N) is 1. The molecule has 1 aliphatic rings. The van der Waals surface area contributed by atoms with Crippen LogP contribution in [0.25, 0.3) is 0 Å². The van der Waals surface area contributed by atoms with Gasteiger partial charge in [0, 0.05) is 28.0 Å². The number of hydrogen-bond donors (Lipinski definition) is 1. The molecule has 0 aromatic carbocycles. The lowest BCUT2D eigenvalue weighted by molar-refractivity contribution is 0.274. The summed E-state index contributed by atoms with van der Waals surface area (Å²) < 4.78 is 0. The molecule has 14 heavy (non-hydrogen) atoms. The second-order valence-corrected chi connectivity index (χ2v) is 7.81. The molecule has 0 aromatic heterocycles. The van der Waals surface area contributed by atoms with Gasteiger partial charge in [-0.25, -0.2) is 0 Å². The van der Waals surface area contributed by atoms with E-state index in [1.807, 2.05) is 0 Å². The molecule has 1 saturated heterocycles. The van der Waals surface area contributed by atoms with E-state index in [4.69, 9.17) is 0 Å². The van der Waals surface area contributed by atoms with E-state index in [9.17, 15) is 0 Å². The minimum Gasteiger partial charge on any atom is -0.315 e. The summed E-state index contributed by atoms with van der Waals surface area (Å²) in [4.78, 5) is 0. The quantitative estimate of drug-likeness (QED) is 0.788. The monoisotopic (exact) mass is 233 g/mol. The van der Waals surface area contributed by atoms with Crippen molar-refractivity contribution in [3.63, 3.8) is 0 Å². The van der Waals surface area contributed by atoms with E-state index in [0.717, 1.165) is 10.5 Å². The van der Waals surface area contributed by atoms with Crippen molar-refractivity contribution in [2.24, 2.45) is 5.41 Å². The predicted molar refractivity (Wildman–Crippen MR) is 70.5 cm³/mol. The van der Waals surface area contributed by atoms with Crippen LogP contribution in [0.4, 0.5) is 0 Å². The van der Waals surface area contributed by atoms with Crippen molar-refractivity contribution < 1.29 is 0 Å². The Balaban J connectivity index is 2.67. The Morgan fingerprint density at radius 2 is 1.79 bits per heavy atom. The van der Waals surface area contributed by atoms with Crippen LogP contribution in [0.2, 0.25) is 0 Å². The third-order valence-electron chi connectivity index (χ3n) is 2.81. The van der Waals surface area contributed by atoms with E-state index in [1.165, 1.54) is 11.5 Å². The average Bonchev–Trinajstić information content (AvgIpc) is 2.07. The minimum atomic E-state index is 0.360. The summed E-state index contributed by atoms with van der Waals surface area (Å²) in [6.45, 7) is 9.37. The highest BCUT2D eigenvalue weighted by atomic mass is 32.2. The molecule has 0 bridgehead atoms. The Bertz CT molecular complexity index is 177. The van der Waals surface area contributed by atoms with Crippen LogP contribution in [0.15, 0.2) is 0 Å². The number of thioether (sulfide) groups is 2. The highest BCUT2D eigenvalue weighted by molar-refractivity contribution is 8.07. The first-order valence-corrected chi connectivity index (χ1v) is 7.47. The largest absolute Gasteiger partial charge is 0.315 e. The molecule has 3 heteroatoms. The van der Waals surface area contributed by atoms with Gasteiger partial charge in [0.1, 0.15) is 0 Å². The van der Waals surface area contributed by atoms with Crippen molar-refractivity contribution in [3.05, 3.63) is 0 Å². The molecule has 3 atom stereocenters. The molecule has 84 valence electrons. The summed E-state index contributed by atoms with van der Waals surface area (Å²) in [5, 5.41) is 5.05. The van der Waals surface area contributed by atoms with E-state index in [2.05, 4.69) is 63.6 Å². The maximum atomic E-state index is 3.51. The molecule has 0 amide bonds. The van der Waals surface area contributed by atoms with Crippen LogP contribution in [0.1, 0.15) is 27.7 Å². The maximum absolute atomic E-state index is 3.51. The molecule has 1 heterocycles. The zero-order valence-corrected chi connectivity index (χ0v) is 11.6. The van der Waals surface area contributed by atoms with Crippen molar-refractivity contribution in [1.82, 2.24) is 5.32 Å². The molecule has 0 radical (unpaired) electrons. The SMILES string of the molecule is CNC(C1SCCSC1C)C(C)(C)C. The number of rotatable bonds is 2. The first kappa shape index (κ1) is 12.7. The van der Waals surface area contributed by atoms with Gasteiger partial charge >= 0.3 is 0 Å². The van der Waals surface area contributed by atoms with Gasteiger partial charge in [-0.3, -0.25) is 0 Å². The van der Waals surface area contributed by atoms with Crippen molar-refractivity contribution in [3.8, 4) is 0 Å². The van der Waals surface area contributed by atoms with E-state index in [-0.39, 0.29) is 0 Å². The summed E-state index contributed by atoms with van der Waals surface area (Å²) in [5.41, 5.74) is 0.360. The Hall–Kier alpha value is 0.660.